The summed E-state index contributed by atoms with van der Waals surface area (Å²) >= 11 is 5.97. The first kappa shape index (κ1) is 16.6. The molecule has 0 spiro atoms. The molecule has 0 bridgehead atoms. The summed E-state index contributed by atoms with van der Waals surface area (Å²) in [7, 11) is 0. The van der Waals surface area contributed by atoms with Gasteiger partial charge in [-0.2, -0.15) is 0 Å². The van der Waals surface area contributed by atoms with Crippen LogP contribution >= 0.6 is 11.6 Å². The number of benzene rings is 2. The highest BCUT2D eigenvalue weighted by atomic mass is 35.5. The number of anilines is 1. The third kappa shape index (κ3) is 3.69. The maximum Gasteiger partial charge on any atom is 0.255 e. The van der Waals surface area contributed by atoms with Crippen molar-refractivity contribution in [3.05, 3.63) is 64.2 Å². The number of hydrogen-bond acceptors (Lipinski definition) is 1. The van der Waals surface area contributed by atoms with E-state index in [1.165, 1.54) is 5.56 Å². The molecule has 0 saturated heterocycles. The lowest BCUT2D eigenvalue weighted by molar-refractivity contribution is 0.102. The van der Waals surface area contributed by atoms with Crippen LogP contribution in [0.4, 0.5) is 5.69 Å². The molecule has 116 valence electrons. The van der Waals surface area contributed by atoms with Gasteiger partial charge in [-0.05, 0) is 48.1 Å². The van der Waals surface area contributed by atoms with Gasteiger partial charge in [-0.3, -0.25) is 4.79 Å². The number of nitrogens with one attached hydrogen (secondary N) is 1. The number of carbonyl (C=O) groups is 1. The molecule has 2 aromatic rings. The molecular weight excluding hydrogens is 294 g/mol. The number of para-hydroxylation sites is 1. The summed E-state index contributed by atoms with van der Waals surface area (Å²) in [5.41, 5.74) is 3.88. The molecule has 2 nitrogen and oxygen atoms in total. The number of aryl methyl sites for hydroxylation is 1. The average molecular weight is 316 g/mol. The summed E-state index contributed by atoms with van der Waals surface area (Å²) in [6.07, 6.45) is 1.92. The Morgan fingerprint density at radius 2 is 1.91 bits per heavy atom. The van der Waals surface area contributed by atoms with Crippen LogP contribution in [0.5, 0.6) is 0 Å². The van der Waals surface area contributed by atoms with Crippen molar-refractivity contribution >= 4 is 23.2 Å². The summed E-state index contributed by atoms with van der Waals surface area (Å²) in [5.74, 6) is 0.286. The van der Waals surface area contributed by atoms with Crippen molar-refractivity contribution in [3.63, 3.8) is 0 Å². The number of hydrogen-bond donors (Lipinski definition) is 1. The van der Waals surface area contributed by atoms with E-state index in [4.69, 9.17) is 11.6 Å². The van der Waals surface area contributed by atoms with Crippen LogP contribution in [0, 0.1) is 0 Å². The Morgan fingerprint density at radius 3 is 2.55 bits per heavy atom. The van der Waals surface area contributed by atoms with E-state index < -0.39 is 0 Å². The maximum absolute atomic E-state index is 12.5. The SMILES string of the molecule is CCc1cccc(C(C)CC)c1NC(=O)c1cccc(Cl)c1. The van der Waals surface area contributed by atoms with Gasteiger partial charge in [0.1, 0.15) is 0 Å². The van der Waals surface area contributed by atoms with Gasteiger partial charge in [-0.1, -0.05) is 56.6 Å². The fourth-order valence-corrected chi connectivity index (χ4v) is 2.70. The van der Waals surface area contributed by atoms with Gasteiger partial charge in [-0.15, -0.1) is 0 Å². The van der Waals surface area contributed by atoms with E-state index in [9.17, 15) is 4.79 Å². The molecule has 0 aliphatic heterocycles. The van der Waals surface area contributed by atoms with E-state index in [0.29, 0.717) is 16.5 Å². The minimum absolute atomic E-state index is 0.118. The number of rotatable bonds is 5. The Hall–Kier alpha value is -1.80. The summed E-state index contributed by atoms with van der Waals surface area (Å²) < 4.78 is 0. The van der Waals surface area contributed by atoms with Gasteiger partial charge in [0.2, 0.25) is 0 Å². The first-order valence-corrected chi connectivity index (χ1v) is 8.13. The van der Waals surface area contributed by atoms with Gasteiger partial charge in [0.15, 0.2) is 0 Å². The van der Waals surface area contributed by atoms with Crippen molar-refractivity contribution in [1.82, 2.24) is 0 Å². The summed E-state index contributed by atoms with van der Waals surface area (Å²) in [6, 6.07) is 13.3. The minimum Gasteiger partial charge on any atom is -0.321 e. The Morgan fingerprint density at radius 1 is 1.18 bits per heavy atom. The fourth-order valence-electron chi connectivity index (χ4n) is 2.51. The zero-order chi connectivity index (χ0) is 16.1. The second kappa shape index (κ2) is 7.46. The number of halogens is 1. The summed E-state index contributed by atoms with van der Waals surface area (Å²) in [5, 5.41) is 3.66. The number of carbonyl (C=O) groups excluding carboxylic acids is 1. The van der Waals surface area contributed by atoms with Gasteiger partial charge in [0.05, 0.1) is 0 Å². The second-order valence-electron chi connectivity index (χ2n) is 5.51. The molecule has 0 aliphatic carbocycles. The molecule has 0 aromatic heterocycles. The monoisotopic (exact) mass is 315 g/mol. The third-order valence-electron chi connectivity index (χ3n) is 4.03. The lowest BCUT2D eigenvalue weighted by Crippen LogP contribution is -2.15. The third-order valence-corrected chi connectivity index (χ3v) is 4.27. The van der Waals surface area contributed by atoms with Crippen LogP contribution in [-0.2, 0) is 6.42 Å². The average Bonchev–Trinajstić information content (AvgIpc) is 2.54. The van der Waals surface area contributed by atoms with Crippen LogP contribution in [0.1, 0.15) is 54.6 Å². The minimum atomic E-state index is -0.118. The molecule has 0 heterocycles. The quantitative estimate of drug-likeness (QED) is 0.757. The second-order valence-corrected chi connectivity index (χ2v) is 5.95. The van der Waals surface area contributed by atoms with Crippen LogP contribution in [0.3, 0.4) is 0 Å². The van der Waals surface area contributed by atoms with Gasteiger partial charge in [-0.25, -0.2) is 0 Å². The highest BCUT2D eigenvalue weighted by Gasteiger charge is 2.15. The first-order valence-electron chi connectivity index (χ1n) is 7.75. The topological polar surface area (TPSA) is 29.1 Å². The van der Waals surface area contributed by atoms with Crippen molar-refractivity contribution in [2.75, 3.05) is 5.32 Å². The van der Waals surface area contributed by atoms with E-state index in [2.05, 4.69) is 44.3 Å². The lowest BCUT2D eigenvalue weighted by Gasteiger charge is -2.19. The van der Waals surface area contributed by atoms with Crippen LogP contribution in [0.15, 0.2) is 42.5 Å². The molecule has 3 heteroatoms. The summed E-state index contributed by atoms with van der Waals surface area (Å²) in [6.45, 7) is 6.44. The molecule has 1 atom stereocenters. The van der Waals surface area contributed by atoms with Crippen LogP contribution in [0.2, 0.25) is 5.02 Å². The molecule has 0 fully saturated rings. The molecule has 1 unspecified atom stereocenters. The van der Waals surface area contributed by atoms with E-state index in [1.54, 1.807) is 24.3 Å². The van der Waals surface area contributed by atoms with E-state index in [1.807, 2.05) is 0 Å². The Labute approximate surface area is 137 Å². The molecule has 2 aromatic carbocycles. The van der Waals surface area contributed by atoms with Crippen molar-refractivity contribution in [2.24, 2.45) is 0 Å². The number of amides is 1. The molecule has 1 amide bonds. The molecule has 1 N–H and O–H groups in total. The Kier molecular flexibility index (Phi) is 5.62. The molecule has 0 saturated carbocycles. The van der Waals surface area contributed by atoms with Gasteiger partial charge < -0.3 is 5.32 Å². The van der Waals surface area contributed by atoms with Crippen molar-refractivity contribution in [2.45, 2.75) is 39.5 Å². The lowest BCUT2D eigenvalue weighted by atomic mass is 9.93. The van der Waals surface area contributed by atoms with Gasteiger partial charge in [0.25, 0.3) is 5.91 Å². The van der Waals surface area contributed by atoms with Gasteiger partial charge >= 0.3 is 0 Å². The zero-order valence-corrected chi connectivity index (χ0v) is 14.1. The van der Waals surface area contributed by atoms with Crippen molar-refractivity contribution < 1.29 is 4.79 Å². The van der Waals surface area contributed by atoms with Crippen LogP contribution < -0.4 is 5.32 Å². The van der Waals surface area contributed by atoms with E-state index >= 15 is 0 Å². The largest absolute Gasteiger partial charge is 0.321 e. The summed E-state index contributed by atoms with van der Waals surface area (Å²) in [4.78, 5) is 12.5. The molecule has 2 rings (SSSR count). The Bertz CT molecular complexity index is 666. The highest BCUT2D eigenvalue weighted by Crippen LogP contribution is 2.30. The highest BCUT2D eigenvalue weighted by molar-refractivity contribution is 6.31. The maximum atomic E-state index is 12.5. The van der Waals surface area contributed by atoms with Crippen molar-refractivity contribution in [1.29, 1.82) is 0 Å². The predicted octanol–water partition coefficient (Wildman–Crippen LogP) is 5.67. The molecule has 22 heavy (non-hydrogen) atoms. The Balaban J connectivity index is 2.37. The first-order chi connectivity index (χ1) is 10.6. The van der Waals surface area contributed by atoms with E-state index in [-0.39, 0.29) is 5.91 Å². The van der Waals surface area contributed by atoms with Crippen LogP contribution in [0.25, 0.3) is 0 Å². The predicted molar refractivity (Wildman–Crippen MR) is 93.9 cm³/mol. The van der Waals surface area contributed by atoms with Crippen molar-refractivity contribution in [3.8, 4) is 0 Å². The molecule has 0 radical (unpaired) electrons. The normalized spacial score (nSPS) is 12.0. The van der Waals surface area contributed by atoms with Gasteiger partial charge in [0, 0.05) is 16.3 Å². The van der Waals surface area contributed by atoms with Crippen LogP contribution in [-0.4, -0.2) is 5.91 Å². The zero-order valence-electron chi connectivity index (χ0n) is 13.3. The molecular formula is C19H22ClNO. The fraction of sp³-hybridized carbons (Fsp3) is 0.316. The smallest absolute Gasteiger partial charge is 0.255 e. The standard InChI is InChI=1S/C19H22ClNO/c1-4-13(3)17-11-7-8-14(5-2)18(17)21-19(22)15-9-6-10-16(20)12-15/h6-13H,4-5H2,1-3H3,(H,21,22). The van der Waals surface area contributed by atoms with E-state index in [0.717, 1.165) is 24.1 Å². The molecule has 0 aliphatic rings.